The van der Waals surface area contributed by atoms with Crippen LogP contribution in [0.5, 0.6) is 0 Å². The quantitative estimate of drug-likeness (QED) is 0.714. The van der Waals surface area contributed by atoms with Crippen LogP contribution in [-0.4, -0.2) is 16.5 Å². The molecule has 27 heavy (non-hydrogen) atoms. The molecule has 1 amide bonds. The van der Waals surface area contributed by atoms with Crippen molar-refractivity contribution in [1.82, 2.24) is 4.57 Å². The Labute approximate surface area is 156 Å². The highest BCUT2D eigenvalue weighted by Gasteiger charge is 2.32. The molecule has 1 aliphatic heterocycles. The molecule has 3 aromatic rings. The predicted octanol–water partition coefficient (Wildman–Crippen LogP) is 3.63. The van der Waals surface area contributed by atoms with E-state index in [0.717, 1.165) is 17.7 Å². The lowest BCUT2D eigenvalue weighted by molar-refractivity contribution is 0.0979. The second-order valence-corrected chi connectivity index (χ2v) is 6.80. The molecule has 0 fully saturated rings. The van der Waals surface area contributed by atoms with Crippen molar-refractivity contribution < 1.29 is 9.18 Å². The molecule has 0 saturated carbocycles. The van der Waals surface area contributed by atoms with E-state index in [4.69, 9.17) is 0 Å². The minimum absolute atomic E-state index is 0.0190. The van der Waals surface area contributed by atoms with Crippen molar-refractivity contribution in [2.75, 3.05) is 4.90 Å². The zero-order chi connectivity index (χ0) is 19.0. The summed E-state index contributed by atoms with van der Waals surface area (Å²) in [7, 11) is 0. The minimum atomic E-state index is -0.415. The van der Waals surface area contributed by atoms with Crippen LogP contribution >= 0.6 is 0 Å². The Balaban J connectivity index is 1.70. The Hall–Kier alpha value is -3.21. The number of para-hydroxylation sites is 1. The van der Waals surface area contributed by atoms with Crippen LogP contribution in [0.2, 0.25) is 0 Å². The molecule has 1 aromatic heterocycles. The van der Waals surface area contributed by atoms with E-state index >= 15 is 0 Å². The highest BCUT2D eigenvalue weighted by atomic mass is 19.1. The molecule has 2 heterocycles. The molecule has 1 aliphatic rings. The number of nitrogens with zero attached hydrogens (tertiary/aromatic N) is 2. The average molecular weight is 362 g/mol. The van der Waals surface area contributed by atoms with Gasteiger partial charge in [-0.2, -0.15) is 0 Å². The fraction of sp³-hybridized carbons (Fsp3) is 0.182. The topological polar surface area (TPSA) is 42.3 Å². The maximum atomic E-state index is 13.9. The van der Waals surface area contributed by atoms with Crippen LogP contribution in [0.25, 0.3) is 0 Å². The van der Waals surface area contributed by atoms with Crippen LogP contribution < -0.4 is 10.5 Å². The number of anilines is 1. The highest BCUT2D eigenvalue weighted by Crippen LogP contribution is 2.32. The zero-order valence-electron chi connectivity index (χ0n) is 14.9. The van der Waals surface area contributed by atoms with Gasteiger partial charge in [0.1, 0.15) is 11.4 Å². The van der Waals surface area contributed by atoms with E-state index in [1.54, 1.807) is 35.4 Å². The summed E-state index contributed by atoms with van der Waals surface area (Å²) in [5.74, 6) is -0.691. The van der Waals surface area contributed by atoms with E-state index in [1.165, 1.54) is 16.7 Å². The Morgan fingerprint density at radius 3 is 2.63 bits per heavy atom. The van der Waals surface area contributed by atoms with E-state index in [9.17, 15) is 14.0 Å². The first kappa shape index (κ1) is 17.2. The molecule has 0 aliphatic carbocycles. The van der Waals surface area contributed by atoms with Crippen molar-refractivity contribution in [2.24, 2.45) is 0 Å². The second-order valence-electron chi connectivity index (χ2n) is 6.80. The fourth-order valence-electron chi connectivity index (χ4n) is 3.64. The molecule has 0 saturated heterocycles. The van der Waals surface area contributed by atoms with Crippen LogP contribution in [0.3, 0.4) is 0 Å². The number of benzene rings is 2. The maximum Gasteiger partial charge on any atom is 0.264 e. The number of carbonyl (C=O) groups excluding carboxylic acids is 1. The van der Waals surface area contributed by atoms with E-state index in [0.29, 0.717) is 5.56 Å². The van der Waals surface area contributed by atoms with Gasteiger partial charge in [0, 0.05) is 23.5 Å². The van der Waals surface area contributed by atoms with E-state index in [2.05, 4.69) is 0 Å². The van der Waals surface area contributed by atoms with E-state index in [-0.39, 0.29) is 29.9 Å². The molecule has 4 rings (SSSR count). The Morgan fingerprint density at radius 2 is 1.81 bits per heavy atom. The number of hydrogen-bond donors (Lipinski definition) is 0. The largest absolute Gasteiger partial charge is 0.310 e. The first-order valence-electron chi connectivity index (χ1n) is 8.90. The maximum absolute atomic E-state index is 13.9. The summed E-state index contributed by atoms with van der Waals surface area (Å²) in [6.45, 7) is 2.05. The van der Waals surface area contributed by atoms with Gasteiger partial charge in [0.25, 0.3) is 11.5 Å². The van der Waals surface area contributed by atoms with Gasteiger partial charge < -0.3 is 9.47 Å². The van der Waals surface area contributed by atoms with Crippen LogP contribution in [0.15, 0.2) is 71.7 Å². The smallest absolute Gasteiger partial charge is 0.264 e. The molecule has 0 radical (unpaired) electrons. The Bertz CT molecular complexity index is 1070. The lowest BCUT2D eigenvalue weighted by atomic mass is 10.1. The summed E-state index contributed by atoms with van der Waals surface area (Å²) in [5, 5.41) is 0. The van der Waals surface area contributed by atoms with Crippen molar-refractivity contribution >= 4 is 11.6 Å². The van der Waals surface area contributed by atoms with E-state index < -0.39 is 5.56 Å². The fourth-order valence-corrected chi connectivity index (χ4v) is 3.64. The standard InChI is InChI=1S/C22H19FN2O2/c1-15-13-16-7-3-5-11-20(16)25(15)22(27)18-9-6-12-24(21(18)26)14-17-8-2-4-10-19(17)23/h2-12,15H,13-14H2,1H3/t15-/m0/s1. The SMILES string of the molecule is C[C@H]1Cc2ccccc2N1C(=O)c1cccn(Cc2ccccc2F)c1=O. The van der Waals surface area contributed by atoms with Gasteiger partial charge in [0.15, 0.2) is 0 Å². The summed E-state index contributed by atoms with van der Waals surface area (Å²) in [5.41, 5.74) is 2.03. The normalized spacial score (nSPS) is 15.6. The van der Waals surface area contributed by atoms with Gasteiger partial charge in [-0.3, -0.25) is 9.59 Å². The molecule has 1 atom stereocenters. The highest BCUT2D eigenvalue weighted by molar-refractivity contribution is 6.07. The molecule has 0 N–H and O–H groups in total. The van der Waals surface area contributed by atoms with Crippen LogP contribution in [0.4, 0.5) is 10.1 Å². The predicted molar refractivity (Wildman–Crippen MR) is 103 cm³/mol. The number of fused-ring (bicyclic) bond motifs is 1. The molecule has 0 spiro atoms. The summed E-state index contributed by atoms with van der Waals surface area (Å²) >= 11 is 0. The van der Waals surface area contributed by atoms with Gasteiger partial charge in [-0.25, -0.2) is 4.39 Å². The van der Waals surface area contributed by atoms with Gasteiger partial charge >= 0.3 is 0 Å². The summed E-state index contributed by atoms with van der Waals surface area (Å²) in [6, 6.07) is 17.2. The number of aromatic nitrogens is 1. The third kappa shape index (κ3) is 3.05. The van der Waals surface area contributed by atoms with Crippen molar-refractivity contribution in [3.05, 3.63) is 99.7 Å². The Morgan fingerprint density at radius 1 is 1.07 bits per heavy atom. The van der Waals surface area contributed by atoms with Gasteiger partial charge in [0.2, 0.25) is 0 Å². The summed E-state index contributed by atoms with van der Waals surface area (Å²) < 4.78 is 15.3. The number of rotatable bonds is 3. The number of halogens is 1. The number of carbonyl (C=O) groups is 1. The second kappa shape index (κ2) is 6.83. The van der Waals surface area contributed by atoms with Crippen molar-refractivity contribution in [2.45, 2.75) is 25.9 Å². The lowest BCUT2D eigenvalue weighted by Crippen LogP contribution is -2.40. The summed E-state index contributed by atoms with van der Waals surface area (Å²) in [4.78, 5) is 27.7. The van der Waals surface area contributed by atoms with Gasteiger partial charge in [-0.15, -0.1) is 0 Å². The zero-order valence-corrected chi connectivity index (χ0v) is 14.9. The molecule has 5 heteroatoms. The van der Waals surface area contributed by atoms with Crippen LogP contribution in [-0.2, 0) is 13.0 Å². The van der Waals surface area contributed by atoms with Gasteiger partial charge in [0.05, 0.1) is 6.54 Å². The molecule has 0 unspecified atom stereocenters. The monoisotopic (exact) mass is 362 g/mol. The van der Waals surface area contributed by atoms with Crippen LogP contribution in [0.1, 0.15) is 28.4 Å². The lowest BCUT2D eigenvalue weighted by Gasteiger charge is -2.22. The molecule has 2 aromatic carbocycles. The molecule has 136 valence electrons. The molecular formula is C22H19FN2O2. The van der Waals surface area contributed by atoms with Gasteiger partial charge in [-0.05, 0) is 43.2 Å². The van der Waals surface area contributed by atoms with Crippen molar-refractivity contribution in [3.8, 4) is 0 Å². The number of pyridine rings is 1. The van der Waals surface area contributed by atoms with Gasteiger partial charge in [-0.1, -0.05) is 36.4 Å². The first-order valence-corrected chi connectivity index (χ1v) is 8.90. The Kier molecular flexibility index (Phi) is 4.36. The molecular weight excluding hydrogens is 343 g/mol. The van der Waals surface area contributed by atoms with Crippen molar-refractivity contribution in [3.63, 3.8) is 0 Å². The van der Waals surface area contributed by atoms with E-state index in [1.807, 2.05) is 31.2 Å². The van der Waals surface area contributed by atoms with Crippen molar-refractivity contribution in [1.29, 1.82) is 0 Å². The molecule has 4 nitrogen and oxygen atoms in total. The first-order chi connectivity index (χ1) is 13.1. The number of amides is 1. The minimum Gasteiger partial charge on any atom is -0.310 e. The van der Waals surface area contributed by atoms with Crippen LogP contribution in [0, 0.1) is 5.82 Å². The third-order valence-electron chi connectivity index (χ3n) is 4.98. The third-order valence-corrected chi connectivity index (χ3v) is 4.98. The average Bonchev–Trinajstić information content (AvgIpc) is 3.00. The number of hydrogen-bond acceptors (Lipinski definition) is 2. The summed E-state index contributed by atoms with van der Waals surface area (Å²) in [6.07, 6.45) is 2.34. The molecule has 0 bridgehead atoms.